The van der Waals surface area contributed by atoms with Crippen molar-refractivity contribution in [2.24, 2.45) is 0 Å². The van der Waals surface area contributed by atoms with Crippen LogP contribution in [0.1, 0.15) is 13.3 Å². The first-order chi connectivity index (χ1) is 7.56. The number of hydrogen-bond donors (Lipinski definition) is 1. The van der Waals surface area contributed by atoms with Gasteiger partial charge in [-0.1, -0.05) is 6.92 Å². The Morgan fingerprint density at radius 1 is 1.25 bits per heavy atom. The molecular weight excluding hydrogens is 235 g/mol. The predicted molar refractivity (Wildman–Crippen MR) is 60.3 cm³/mol. The summed E-state index contributed by atoms with van der Waals surface area (Å²) in [6.45, 7) is 2.11. The third-order valence-electron chi connectivity index (χ3n) is 2.55. The van der Waals surface area contributed by atoms with Gasteiger partial charge in [0.25, 0.3) is 0 Å². The van der Waals surface area contributed by atoms with E-state index in [1.54, 1.807) is 0 Å². The fraction of sp³-hybridized carbons (Fsp3) is 0.455. The molecule has 16 heavy (non-hydrogen) atoms. The molecule has 5 heteroatoms. The van der Waals surface area contributed by atoms with E-state index >= 15 is 0 Å². The Kier molecular flexibility index (Phi) is 3.33. The zero-order chi connectivity index (χ0) is 11.7. The molecule has 0 saturated carbocycles. The molecule has 1 aromatic carbocycles. The highest BCUT2D eigenvalue weighted by molar-refractivity contribution is 8.00. The summed E-state index contributed by atoms with van der Waals surface area (Å²) >= 11 is 1.81. The molecule has 0 radical (unpaired) electrons. The highest BCUT2D eigenvalue weighted by atomic mass is 32.2. The zero-order valence-corrected chi connectivity index (χ0v) is 9.58. The SMILES string of the molecule is CC1CC(Nc2cc(F)c(F)c(F)c2)CS1. The van der Waals surface area contributed by atoms with Gasteiger partial charge in [-0.3, -0.25) is 0 Å². The fourth-order valence-corrected chi connectivity index (χ4v) is 2.94. The van der Waals surface area contributed by atoms with Crippen molar-refractivity contribution in [2.75, 3.05) is 11.1 Å². The number of thioether (sulfide) groups is 1. The molecule has 0 bridgehead atoms. The summed E-state index contributed by atoms with van der Waals surface area (Å²) in [6, 6.07) is 2.18. The molecular formula is C11H12F3NS. The maximum absolute atomic E-state index is 12.9. The molecule has 1 heterocycles. The Labute approximate surface area is 96.4 Å². The lowest BCUT2D eigenvalue weighted by Gasteiger charge is -2.13. The third kappa shape index (κ3) is 2.45. The van der Waals surface area contributed by atoms with Crippen molar-refractivity contribution >= 4 is 17.4 Å². The number of hydrogen-bond acceptors (Lipinski definition) is 2. The summed E-state index contributed by atoms with van der Waals surface area (Å²) in [4.78, 5) is 0. The Hall–Kier alpha value is -0.840. The largest absolute Gasteiger partial charge is 0.381 e. The number of benzene rings is 1. The first kappa shape index (κ1) is 11.6. The van der Waals surface area contributed by atoms with Gasteiger partial charge in [0.2, 0.25) is 0 Å². The number of nitrogens with one attached hydrogen (secondary N) is 1. The minimum absolute atomic E-state index is 0.198. The van der Waals surface area contributed by atoms with Gasteiger partial charge < -0.3 is 5.32 Å². The van der Waals surface area contributed by atoms with Gasteiger partial charge in [-0.05, 0) is 6.42 Å². The molecule has 0 aliphatic carbocycles. The van der Waals surface area contributed by atoms with Crippen molar-refractivity contribution in [3.05, 3.63) is 29.6 Å². The average Bonchev–Trinajstić information content (AvgIpc) is 2.60. The van der Waals surface area contributed by atoms with E-state index in [0.717, 1.165) is 24.3 Å². The van der Waals surface area contributed by atoms with Gasteiger partial charge in [-0.2, -0.15) is 11.8 Å². The standard InChI is InChI=1S/C11H12F3NS/c1-6-2-8(5-16-6)15-7-3-9(12)11(14)10(13)4-7/h3-4,6,8,15H,2,5H2,1H3. The summed E-state index contributed by atoms with van der Waals surface area (Å²) in [6.07, 6.45) is 0.950. The molecule has 1 aliphatic rings. The molecule has 2 atom stereocenters. The Balaban J connectivity index is 2.10. The molecule has 0 spiro atoms. The van der Waals surface area contributed by atoms with E-state index in [2.05, 4.69) is 12.2 Å². The topological polar surface area (TPSA) is 12.0 Å². The molecule has 0 amide bonds. The summed E-state index contributed by atoms with van der Waals surface area (Å²) in [7, 11) is 0. The monoisotopic (exact) mass is 247 g/mol. The van der Waals surface area contributed by atoms with Crippen LogP contribution >= 0.6 is 11.8 Å². The first-order valence-corrected chi connectivity index (χ1v) is 6.14. The van der Waals surface area contributed by atoms with Crippen LogP contribution < -0.4 is 5.32 Å². The van der Waals surface area contributed by atoms with Gasteiger partial charge >= 0.3 is 0 Å². The van der Waals surface area contributed by atoms with Gasteiger partial charge in [0.15, 0.2) is 17.5 Å². The van der Waals surface area contributed by atoms with Crippen molar-refractivity contribution in [3.63, 3.8) is 0 Å². The zero-order valence-electron chi connectivity index (χ0n) is 8.77. The van der Waals surface area contributed by atoms with Gasteiger partial charge in [-0.15, -0.1) is 0 Å². The first-order valence-electron chi connectivity index (χ1n) is 5.09. The molecule has 1 N–H and O–H groups in total. The van der Waals surface area contributed by atoms with Crippen LogP contribution in [0.15, 0.2) is 12.1 Å². The van der Waals surface area contributed by atoms with Gasteiger partial charge in [0.05, 0.1) is 0 Å². The Bertz CT molecular complexity index is 374. The molecule has 1 fully saturated rings. The van der Waals surface area contributed by atoms with Gasteiger partial charge in [0.1, 0.15) is 0 Å². The summed E-state index contributed by atoms with van der Waals surface area (Å²) in [5, 5.41) is 3.56. The minimum atomic E-state index is -1.42. The Morgan fingerprint density at radius 2 is 1.88 bits per heavy atom. The van der Waals surface area contributed by atoms with Crippen LogP contribution in [0.25, 0.3) is 0 Å². The van der Waals surface area contributed by atoms with Crippen molar-refractivity contribution in [1.82, 2.24) is 0 Å². The Morgan fingerprint density at radius 3 is 2.38 bits per heavy atom. The van der Waals surface area contributed by atoms with Gasteiger partial charge in [-0.25, -0.2) is 13.2 Å². The lowest BCUT2D eigenvalue weighted by atomic mass is 10.2. The van der Waals surface area contributed by atoms with Crippen molar-refractivity contribution in [1.29, 1.82) is 0 Å². The van der Waals surface area contributed by atoms with Crippen LogP contribution in [0.5, 0.6) is 0 Å². The van der Waals surface area contributed by atoms with Crippen LogP contribution in [-0.4, -0.2) is 17.0 Å². The van der Waals surface area contributed by atoms with Gasteiger partial charge in [0, 0.05) is 34.9 Å². The van der Waals surface area contributed by atoms with Crippen molar-refractivity contribution in [2.45, 2.75) is 24.6 Å². The summed E-state index contributed by atoms with van der Waals surface area (Å²) < 4.78 is 38.6. The van der Waals surface area contributed by atoms with Crippen LogP contribution in [-0.2, 0) is 0 Å². The van der Waals surface area contributed by atoms with Crippen molar-refractivity contribution < 1.29 is 13.2 Å². The van der Waals surface area contributed by atoms with Crippen LogP contribution in [0.2, 0.25) is 0 Å². The van der Waals surface area contributed by atoms with E-state index in [1.165, 1.54) is 0 Å². The lowest BCUT2D eigenvalue weighted by Crippen LogP contribution is -2.19. The maximum atomic E-state index is 12.9. The van der Waals surface area contributed by atoms with Crippen LogP contribution in [0, 0.1) is 17.5 Å². The second-order valence-electron chi connectivity index (χ2n) is 3.97. The van der Waals surface area contributed by atoms with Crippen LogP contribution in [0.4, 0.5) is 18.9 Å². The minimum Gasteiger partial charge on any atom is -0.381 e. The molecule has 2 rings (SSSR count). The number of halogens is 3. The lowest BCUT2D eigenvalue weighted by molar-refractivity contribution is 0.447. The van der Waals surface area contributed by atoms with Crippen molar-refractivity contribution in [3.8, 4) is 0 Å². The van der Waals surface area contributed by atoms with E-state index in [9.17, 15) is 13.2 Å². The summed E-state index contributed by atoms with van der Waals surface area (Å²) in [5.74, 6) is -2.82. The molecule has 1 saturated heterocycles. The van der Waals surface area contributed by atoms with E-state index in [4.69, 9.17) is 0 Å². The van der Waals surface area contributed by atoms with E-state index in [-0.39, 0.29) is 6.04 Å². The molecule has 88 valence electrons. The predicted octanol–water partition coefficient (Wildman–Crippen LogP) is 3.41. The second kappa shape index (κ2) is 4.57. The average molecular weight is 247 g/mol. The highest BCUT2D eigenvalue weighted by Gasteiger charge is 2.22. The number of rotatable bonds is 2. The second-order valence-corrected chi connectivity index (χ2v) is 5.45. The third-order valence-corrected chi connectivity index (χ3v) is 3.91. The van der Waals surface area contributed by atoms with E-state index in [0.29, 0.717) is 10.9 Å². The van der Waals surface area contributed by atoms with E-state index < -0.39 is 17.5 Å². The molecule has 1 aliphatic heterocycles. The molecule has 1 nitrogen and oxygen atoms in total. The summed E-state index contributed by atoms with van der Waals surface area (Å²) in [5.41, 5.74) is 0.302. The number of anilines is 1. The maximum Gasteiger partial charge on any atom is 0.194 e. The van der Waals surface area contributed by atoms with Crippen LogP contribution in [0.3, 0.4) is 0 Å². The molecule has 1 aromatic rings. The highest BCUT2D eigenvalue weighted by Crippen LogP contribution is 2.29. The molecule has 2 unspecified atom stereocenters. The quantitative estimate of drug-likeness (QED) is 0.804. The normalized spacial score (nSPS) is 24.8. The molecule has 0 aromatic heterocycles. The van der Waals surface area contributed by atoms with E-state index in [1.807, 2.05) is 11.8 Å². The smallest absolute Gasteiger partial charge is 0.194 e. The fourth-order valence-electron chi connectivity index (χ4n) is 1.79.